The molecule has 0 saturated carbocycles. The number of hydrogen-bond donors (Lipinski definition) is 1. The summed E-state index contributed by atoms with van der Waals surface area (Å²) in [7, 11) is 0. The molecule has 0 aliphatic carbocycles. The number of carbonyl (C=O) groups is 1. The molecule has 0 aromatic heterocycles. The summed E-state index contributed by atoms with van der Waals surface area (Å²) in [5, 5.41) is 2.48. The SMILES string of the molecule is CCNC(=O)C=C[C]=O. The van der Waals surface area contributed by atoms with Crippen molar-refractivity contribution in [1.29, 1.82) is 0 Å². The quantitative estimate of drug-likeness (QED) is 0.532. The van der Waals surface area contributed by atoms with Gasteiger partial charge in [0.05, 0.1) is 0 Å². The van der Waals surface area contributed by atoms with E-state index in [1.807, 2.05) is 0 Å². The molecule has 1 amide bonds. The van der Waals surface area contributed by atoms with Crippen LogP contribution in [0.1, 0.15) is 6.92 Å². The van der Waals surface area contributed by atoms with Gasteiger partial charge in [-0.25, -0.2) is 0 Å². The van der Waals surface area contributed by atoms with Crippen LogP contribution in [0.25, 0.3) is 0 Å². The first-order valence-corrected chi connectivity index (χ1v) is 2.63. The third-order valence-corrected chi connectivity index (χ3v) is 0.654. The Morgan fingerprint density at radius 3 is 2.89 bits per heavy atom. The predicted molar refractivity (Wildman–Crippen MR) is 33.5 cm³/mol. The van der Waals surface area contributed by atoms with Gasteiger partial charge >= 0.3 is 0 Å². The van der Waals surface area contributed by atoms with Gasteiger partial charge in [-0.3, -0.25) is 9.59 Å². The average molecular weight is 126 g/mol. The molecule has 0 aromatic rings. The number of nitrogens with one attached hydrogen (secondary N) is 1. The van der Waals surface area contributed by atoms with Gasteiger partial charge in [0.2, 0.25) is 12.2 Å². The Hall–Kier alpha value is -1.12. The molecule has 1 N–H and O–H groups in total. The van der Waals surface area contributed by atoms with Crippen LogP contribution in [0, 0.1) is 0 Å². The minimum atomic E-state index is -0.263. The van der Waals surface area contributed by atoms with Crippen molar-refractivity contribution >= 4 is 12.2 Å². The van der Waals surface area contributed by atoms with E-state index in [1.54, 1.807) is 6.92 Å². The van der Waals surface area contributed by atoms with Crippen molar-refractivity contribution in [2.24, 2.45) is 0 Å². The van der Waals surface area contributed by atoms with Gasteiger partial charge in [0, 0.05) is 12.6 Å². The summed E-state index contributed by atoms with van der Waals surface area (Å²) < 4.78 is 0. The van der Waals surface area contributed by atoms with E-state index in [-0.39, 0.29) is 5.91 Å². The number of allylic oxidation sites excluding steroid dienone is 1. The summed E-state index contributed by atoms with van der Waals surface area (Å²) in [6, 6.07) is 0. The second kappa shape index (κ2) is 5.03. The maximum atomic E-state index is 10.4. The van der Waals surface area contributed by atoms with Gasteiger partial charge in [0.25, 0.3) is 0 Å². The number of likely N-dealkylation sites (N-methyl/N-ethyl adjacent to an activating group) is 1. The Morgan fingerprint density at radius 2 is 2.44 bits per heavy atom. The number of amides is 1. The highest BCUT2D eigenvalue weighted by Crippen LogP contribution is 1.67. The first-order valence-electron chi connectivity index (χ1n) is 2.63. The lowest BCUT2D eigenvalue weighted by Crippen LogP contribution is -2.19. The summed E-state index contributed by atoms with van der Waals surface area (Å²) >= 11 is 0. The highest BCUT2D eigenvalue weighted by Gasteiger charge is 1.87. The highest BCUT2D eigenvalue weighted by atomic mass is 16.1. The van der Waals surface area contributed by atoms with Crippen LogP contribution in [0.5, 0.6) is 0 Å². The van der Waals surface area contributed by atoms with E-state index < -0.39 is 0 Å². The standard InChI is InChI=1S/C6H8NO2/c1-2-7-6(9)4-3-5-8/h3-4H,2H2,1H3,(H,7,9). The van der Waals surface area contributed by atoms with Crippen LogP contribution >= 0.6 is 0 Å². The van der Waals surface area contributed by atoms with Gasteiger partial charge in [0.1, 0.15) is 0 Å². The fraction of sp³-hybridized carbons (Fsp3) is 0.333. The summed E-state index contributed by atoms with van der Waals surface area (Å²) in [5.41, 5.74) is 0. The van der Waals surface area contributed by atoms with Gasteiger partial charge < -0.3 is 5.32 Å². The van der Waals surface area contributed by atoms with Gasteiger partial charge in [-0.2, -0.15) is 0 Å². The lowest BCUT2D eigenvalue weighted by atomic mass is 10.5. The molecule has 0 fully saturated rings. The van der Waals surface area contributed by atoms with Crippen molar-refractivity contribution in [3.63, 3.8) is 0 Å². The molecule has 0 rings (SSSR count). The van der Waals surface area contributed by atoms with Crippen molar-refractivity contribution in [1.82, 2.24) is 5.32 Å². The molecular formula is C6H8NO2. The Morgan fingerprint density at radius 1 is 1.78 bits per heavy atom. The Balaban J connectivity index is 3.49. The Kier molecular flexibility index (Phi) is 4.40. The molecule has 0 atom stereocenters. The van der Waals surface area contributed by atoms with Gasteiger partial charge in [0.15, 0.2) is 0 Å². The minimum absolute atomic E-state index is 0.263. The van der Waals surface area contributed by atoms with E-state index in [4.69, 9.17) is 0 Å². The molecule has 0 saturated heterocycles. The second-order valence-corrected chi connectivity index (χ2v) is 1.35. The maximum absolute atomic E-state index is 10.4. The molecule has 0 heterocycles. The maximum Gasteiger partial charge on any atom is 0.244 e. The van der Waals surface area contributed by atoms with Crippen molar-refractivity contribution in [2.45, 2.75) is 6.92 Å². The monoisotopic (exact) mass is 126 g/mol. The molecular weight excluding hydrogens is 118 g/mol. The van der Waals surface area contributed by atoms with E-state index in [1.165, 1.54) is 6.29 Å². The molecule has 9 heavy (non-hydrogen) atoms. The first kappa shape index (κ1) is 7.88. The zero-order chi connectivity index (χ0) is 7.11. The molecule has 0 unspecified atom stereocenters. The van der Waals surface area contributed by atoms with Crippen LogP contribution < -0.4 is 5.32 Å². The Bertz CT molecular complexity index is 129. The van der Waals surface area contributed by atoms with Crippen LogP contribution in [0.2, 0.25) is 0 Å². The van der Waals surface area contributed by atoms with Gasteiger partial charge in [-0.15, -0.1) is 0 Å². The fourth-order valence-corrected chi connectivity index (χ4v) is 0.343. The number of hydrogen-bond acceptors (Lipinski definition) is 2. The van der Waals surface area contributed by atoms with Crippen molar-refractivity contribution in [3.8, 4) is 0 Å². The van der Waals surface area contributed by atoms with Crippen LogP contribution in [-0.4, -0.2) is 18.7 Å². The molecule has 49 valence electrons. The van der Waals surface area contributed by atoms with Crippen LogP contribution in [0.4, 0.5) is 0 Å². The van der Waals surface area contributed by atoms with Gasteiger partial charge in [-0.05, 0) is 13.0 Å². The molecule has 0 bridgehead atoms. The molecule has 3 nitrogen and oxygen atoms in total. The van der Waals surface area contributed by atoms with E-state index in [9.17, 15) is 9.59 Å². The highest BCUT2D eigenvalue weighted by molar-refractivity contribution is 5.90. The lowest BCUT2D eigenvalue weighted by molar-refractivity contribution is -0.116. The zero-order valence-electron chi connectivity index (χ0n) is 5.18. The summed E-state index contributed by atoms with van der Waals surface area (Å²) in [5.74, 6) is -0.263. The van der Waals surface area contributed by atoms with Crippen molar-refractivity contribution in [2.75, 3.05) is 6.54 Å². The number of rotatable bonds is 3. The van der Waals surface area contributed by atoms with E-state index >= 15 is 0 Å². The molecule has 0 aromatic carbocycles. The largest absolute Gasteiger partial charge is 0.353 e. The molecule has 0 aliphatic heterocycles. The zero-order valence-corrected chi connectivity index (χ0v) is 5.18. The molecule has 3 heteroatoms. The first-order chi connectivity index (χ1) is 4.31. The average Bonchev–Trinajstić information content (AvgIpc) is 1.85. The van der Waals surface area contributed by atoms with E-state index in [0.29, 0.717) is 6.54 Å². The molecule has 0 aliphatic rings. The third kappa shape index (κ3) is 4.74. The normalized spacial score (nSPS) is 9.44. The van der Waals surface area contributed by atoms with Crippen LogP contribution in [0.3, 0.4) is 0 Å². The van der Waals surface area contributed by atoms with Crippen LogP contribution in [0.15, 0.2) is 12.2 Å². The Labute approximate surface area is 53.7 Å². The van der Waals surface area contributed by atoms with Crippen LogP contribution in [-0.2, 0) is 9.59 Å². The lowest BCUT2D eigenvalue weighted by Gasteiger charge is -1.91. The molecule has 1 radical (unpaired) electrons. The third-order valence-electron chi connectivity index (χ3n) is 0.654. The predicted octanol–water partition coefficient (Wildman–Crippen LogP) is -0.212. The van der Waals surface area contributed by atoms with E-state index in [0.717, 1.165) is 12.2 Å². The van der Waals surface area contributed by atoms with Crippen molar-refractivity contribution in [3.05, 3.63) is 12.2 Å². The van der Waals surface area contributed by atoms with Gasteiger partial charge in [-0.1, -0.05) is 0 Å². The fourth-order valence-electron chi connectivity index (χ4n) is 0.343. The smallest absolute Gasteiger partial charge is 0.244 e. The topological polar surface area (TPSA) is 46.2 Å². The summed E-state index contributed by atoms with van der Waals surface area (Å²) in [4.78, 5) is 19.9. The molecule has 0 spiro atoms. The van der Waals surface area contributed by atoms with E-state index in [2.05, 4.69) is 5.32 Å². The second-order valence-electron chi connectivity index (χ2n) is 1.35. The summed E-state index contributed by atoms with van der Waals surface area (Å²) in [6.07, 6.45) is 3.63. The van der Waals surface area contributed by atoms with Crippen molar-refractivity contribution < 1.29 is 9.59 Å². The minimum Gasteiger partial charge on any atom is -0.353 e. The number of carbonyl (C=O) groups excluding carboxylic acids is 2. The summed E-state index contributed by atoms with van der Waals surface area (Å²) in [6.45, 7) is 2.37.